The predicted octanol–water partition coefficient (Wildman–Crippen LogP) is 14.7. The molecule has 6 nitrogen and oxygen atoms in total. The number of aliphatic hydroxyl groups excluding tert-OH is 2. The summed E-state index contributed by atoms with van der Waals surface area (Å²) in [6.07, 6.45) is 54.7. The fourth-order valence-corrected chi connectivity index (χ4v) is 7.55. The Hall–Kier alpha value is -1.66. The van der Waals surface area contributed by atoms with Crippen LogP contribution in [0.15, 0.2) is 24.3 Å². The summed E-state index contributed by atoms with van der Waals surface area (Å²) in [7, 11) is 0. The number of aliphatic hydroxyl groups is 2. The highest BCUT2D eigenvalue weighted by Crippen LogP contribution is 2.16. The average molecular weight is 804 g/mol. The van der Waals surface area contributed by atoms with Gasteiger partial charge in [-0.1, -0.05) is 224 Å². The molecule has 0 aliphatic rings. The Morgan fingerprint density at radius 1 is 0.474 bits per heavy atom. The van der Waals surface area contributed by atoms with Crippen LogP contribution in [0.25, 0.3) is 0 Å². The van der Waals surface area contributed by atoms with E-state index in [4.69, 9.17) is 4.74 Å². The van der Waals surface area contributed by atoms with Crippen LogP contribution in [0.2, 0.25) is 0 Å². The van der Waals surface area contributed by atoms with Gasteiger partial charge >= 0.3 is 5.97 Å². The smallest absolute Gasteiger partial charge is 0.305 e. The summed E-state index contributed by atoms with van der Waals surface area (Å²) in [4.78, 5) is 24.3. The molecular weight excluding hydrogens is 707 g/mol. The third-order valence-electron chi connectivity index (χ3n) is 11.5. The number of allylic oxidation sites excluding steroid dienone is 3. The van der Waals surface area contributed by atoms with Crippen LogP contribution < -0.4 is 5.32 Å². The van der Waals surface area contributed by atoms with E-state index in [-0.39, 0.29) is 18.5 Å². The van der Waals surface area contributed by atoms with Crippen LogP contribution >= 0.6 is 0 Å². The van der Waals surface area contributed by atoms with Gasteiger partial charge in [0.15, 0.2) is 0 Å². The molecule has 57 heavy (non-hydrogen) atoms. The van der Waals surface area contributed by atoms with Crippen LogP contribution in [0.3, 0.4) is 0 Å². The molecule has 1 amide bonds. The minimum Gasteiger partial charge on any atom is -0.466 e. The third kappa shape index (κ3) is 43.7. The fourth-order valence-electron chi connectivity index (χ4n) is 7.55. The van der Waals surface area contributed by atoms with E-state index in [1.54, 1.807) is 6.08 Å². The number of carbonyl (C=O) groups excluding carboxylic acids is 2. The molecule has 0 fully saturated rings. The predicted molar refractivity (Wildman–Crippen MR) is 246 cm³/mol. The van der Waals surface area contributed by atoms with E-state index in [0.717, 1.165) is 44.9 Å². The third-order valence-corrected chi connectivity index (χ3v) is 11.5. The Labute approximate surface area is 354 Å². The quantitative estimate of drug-likeness (QED) is 0.0324. The van der Waals surface area contributed by atoms with E-state index in [2.05, 4.69) is 31.3 Å². The minimum absolute atomic E-state index is 0.00346. The second-order valence-electron chi connectivity index (χ2n) is 17.1. The summed E-state index contributed by atoms with van der Waals surface area (Å²) in [5, 5.41) is 22.9. The molecule has 0 aliphatic carbocycles. The summed E-state index contributed by atoms with van der Waals surface area (Å²) >= 11 is 0. The Bertz CT molecular complexity index is 889. The van der Waals surface area contributed by atoms with Gasteiger partial charge in [0.2, 0.25) is 5.91 Å². The van der Waals surface area contributed by atoms with Gasteiger partial charge in [0, 0.05) is 12.8 Å². The Kier molecular flexibility index (Phi) is 45.7. The number of rotatable bonds is 46. The first-order chi connectivity index (χ1) is 28.0. The van der Waals surface area contributed by atoms with E-state index in [1.165, 1.54) is 193 Å². The molecule has 0 radical (unpaired) electrons. The van der Waals surface area contributed by atoms with Crippen LogP contribution in [0.1, 0.15) is 264 Å². The Balaban J connectivity index is 3.41. The SMILES string of the molecule is CCCC/C=C\CCCCCCCC(=O)OCCCCCCCCCCCCCCCCCCCCCC(=O)NC(CO)C(O)/C=C/CCCCCCCCCC. The van der Waals surface area contributed by atoms with Crippen molar-refractivity contribution < 1.29 is 24.5 Å². The summed E-state index contributed by atoms with van der Waals surface area (Å²) < 4.78 is 5.44. The molecule has 0 saturated carbocycles. The lowest BCUT2D eigenvalue weighted by Gasteiger charge is -2.20. The Morgan fingerprint density at radius 3 is 1.30 bits per heavy atom. The molecule has 0 aromatic rings. The lowest BCUT2D eigenvalue weighted by Crippen LogP contribution is -2.45. The number of hydrogen-bond acceptors (Lipinski definition) is 5. The number of amides is 1. The van der Waals surface area contributed by atoms with E-state index in [1.807, 2.05) is 6.08 Å². The molecule has 3 N–H and O–H groups in total. The molecule has 0 aromatic heterocycles. The molecular formula is C51H97NO5. The van der Waals surface area contributed by atoms with Crippen molar-refractivity contribution in [3.8, 4) is 0 Å². The van der Waals surface area contributed by atoms with Gasteiger partial charge in [0.25, 0.3) is 0 Å². The van der Waals surface area contributed by atoms with Gasteiger partial charge in [-0.2, -0.15) is 0 Å². The molecule has 0 heterocycles. The summed E-state index contributed by atoms with van der Waals surface area (Å²) in [6, 6.07) is -0.627. The van der Waals surface area contributed by atoms with Gasteiger partial charge in [-0.25, -0.2) is 0 Å². The highest BCUT2D eigenvalue weighted by Gasteiger charge is 2.18. The van der Waals surface area contributed by atoms with Crippen LogP contribution in [0, 0.1) is 0 Å². The van der Waals surface area contributed by atoms with Crippen molar-refractivity contribution in [2.75, 3.05) is 13.2 Å². The molecule has 0 rings (SSSR count). The number of unbranched alkanes of at least 4 members (excludes halogenated alkanes) is 33. The maximum atomic E-state index is 12.4. The van der Waals surface area contributed by atoms with E-state index >= 15 is 0 Å². The van der Waals surface area contributed by atoms with E-state index in [0.29, 0.717) is 19.4 Å². The first-order valence-electron chi connectivity index (χ1n) is 25.1. The molecule has 0 spiro atoms. The summed E-state index contributed by atoms with van der Waals surface area (Å²) in [5.74, 6) is -0.0768. The van der Waals surface area contributed by atoms with Gasteiger partial charge < -0.3 is 20.3 Å². The topological polar surface area (TPSA) is 95.9 Å². The second kappa shape index (κ2) is 47.0. The molecule has 0 aromatic carbocycles. The van der Waals surface area contributed by atoms with Crippen LogP contribution in [0.5, 0.6) is 0 Å². The summed E-state index contributed by atoms with van der Waals surface area (Å²) in [6.45, 7) is 4.83. The molecule has 336 valence electrons. The molecule has 0 saturated heterocycles. The van der Waals surface area contributed by atoms with Crippen molar-refractivity contribution in [1.29, 1.82) is 0 Å². The van der Waals surface area contributed by atoms with Gasteiger partial charge in [-0.3, -0.25) is 9.59 Å². The normalized spacial score (nSPS) is 12.8. The van der Waals surface area contributed by atoms with Crippen LogP contribution in [-0.2, 0) is 14.3 Å². The summed E-state index contributed by atoms with van der Waals surface area (Å²) in [5.41, 5.74) is 0. The van der Waals surface area contributed by atoms with Crippen molar-refractivity contribution in [2.24, 2.45) is 0 Å². The fraction of sp³-hybridized carbons (Fsp3) is 0.882. The van der Waals surface area contributed by atoms with Crippen molar-refractivity contribution in [2.45, 2.75) is 276 Å². The second-order valence-corrected chi connectivity index (χ2v) is 17.1. The zero-order chi connectivity index (χ0) is 41.5. The highest BCUT2D eigenvalue weighted by atomic mass is 16.5. The van der Waals surface area contributed by atoms with Crippen molar-refractivity contribution in [1.82, 2.24) is 5.32 Å². The number of nitrogens with one attached hydrogen (secondary N) is 1. The molecule has 0 aliphatic heterocycles. The van der Waals surface area contributed by atoms with Crippen LogP contribution in [0.4, 0.5) is 0 Å². The highest BCUT2D eigenvalue weighted by molar-refractivity contribution is 5.76. The maximum Gasteiger partial charge on any atom is 0.305 e. The van der Waals surface area contributed by atoms with Gasteiger partial charge in [-0.15, -0.1) is 0 Å². The monoisotopic (exact) mass is 804 g/mol. The van der Waals surface area contributed by atoms with Crippen molar-refractivity contribution in [3.05, 3.63) is 24.3 Å². The standard InChI is InChI=1S/C51H97NO5/c1-3-5-7-9-11-13-24-29-33-37-41-45-51(56)57-46-42-38-34-30-26-23-21-19-17-15-16-18-20-22-25-28-32-36-40-44-50(55)52-48(47-53)49(54)43-39-35-31-27-14-12-10-8-6-4-2/h9,11,39,43,48-49,53-54H,3-8,10,12-38,40-42,44-47H2,1-2H3,(H,52,55)/b11-9-,43-39+. The van der Waals surface area contributed by atoms with E-state index in [9.17, 15) is 19.8 Å². The number of hydrogen-bond donors (Lipinski definition) is 3. The first kappa shape index (κ1) is 55.3. The van der Waals surface area contributed by atoms with Gasteiger partial charge in [-0.05, 0) is 51.4 Å². The van der Waals surface area contributed by atoms with Gasteiger partial charge in [0.1, 0.15) is 0 Å². The molecule has 0 bridgehead atoms. The number of carbonyl (C=O) groups is 2. The zero-order valence-corrected chi connectivity index (χ0v) is 38.1. The maximum absolute atomic E-state index is 12.4. The number of esters is 1. The largest absolute Gasteiger partial charge is 0.466 e. The molecule has 6 heteroatoms. The van der Waals surface area contributed by atoms with Crippen molar-refractivity contribution >= 4 is 11.9 Å². The van der Waals surface area contributed by atoms with E-state index < -0.39 is 12.1 Å². The lowest BCUT2D eigenvalue weighted by molar-refractivity contribution is -0.143. The molecule has 2 atom stereocenters. The zero-order valence-electron chi connectivity index (χ0n) is 38.1. The van der Waals surface area contributed by atoms with Crippen LogP contribution in [-0.4, -0.2) is 47.4 Å². The first-order valence-corrected chi connectivity index (χ1v) is 25.1. The van der Waals surface area contributed by atoms with Crippen molar-refractivity contribution in [3.63, 3.8) is 0 Å². The average Bonchev–Trinajstić information content (AvgIpc) is 3.21. The van der Waals surface area contributed by atoms with Gasteiger partial charge in [0.05, 0.1) is 25.4 Å². The minimum atomic E-state index is -0.844. The Morgan fingerprint density at radius 2 is 0.842 bits per heavy atom. The molecule has 2 unspecified atom stereocenters. The lowest BCUT2D eigenvalue weighted by atomic mass is 10.0. The number of ether oxygens (including phenoxy) is 1.